The molecule has 2 aromatic heterocycles. The van der Waals surface area contributed by atoms with E-state index < -0.39 is 11.6 Å². The maximum Gasteiger partial charge on any atom is 0.326 e. The molecule has 9 heteroatoms. The molecule has 0 spiro atoms. The van der Waals surface area contributed by atoms with Gasteiger partial charge in [-0.3, -0.25) is 9.47 Å². The minimum Gasteiger partial charge on any atom is -0.333 e. The van der Waals surface area contributed by atoms with Crippen molar-refractivity contribution in [2.45, 2.75) is 19.5 Å². The number of halogens is 3. The highest BCUT2D eigenvalue weighted by molar-refractivity contribution is 9.10. The molecule has 1 aliphatic rings. The Bertz CT molecular complexity index is 1550. The fourth-order valence-electron chi connectivity index (χ4n) is 4.69. The number of amides is 1. The number of nitriles is 1. The molecular weight excluding hydrogens is 540 g/mol. The van der Waals surface area contributed by atoms with Gasteiger partial charge in [-0.25, -0.2) is 18.6 Å². The van der Waals surface area contributed by atoms with Crippen molar-refractivity contribution in [1.29, 1.82) is 5.26 Å². The van der Waals surface area contributed by atoms with Crippen LogP contribution in [-0.2, 0) is 19.5 Å². The Hall–Kier alpha value is -3.87. The summed E-state index contributed by atoms with van der Waals surface area (Å²) < 4.78 is 29.4. The molecule has 1 amide bonds. The lowest BCUT2D eigenvalue weighted by Gasteiger charge is -2.27. The third-order valence-electron chi connectivity index (χ3n) is 6.35. The average Bonchev–Trinajstić information content (AvgIpc) is 3.20. The van der Waals surface area contributed by atoms with Gasteiger partial charge in [-0.2, -0.15) is 5.26 Å². The largest absolute Gasteiger partial charge is 0.333 e. The van der Waals surface area contributed by atoms with Gasteiger partial charge in [0.05, 0.1) is 17.1 Å². The Morgan fingerprint density at radius 3 is 2.73 bits per heavy atom. The zero-order valence-corrected chi connectivity index (χ0v) is 21.3. The van der Waals surface area contributed by atoms with Crippen molar-refractivity contribution < 1.29 is 13.6 Å². The van der Waals surface area contributed by atoms with E-state index in [-0.39, 0.29) is 6.03 Å². The first-order valence-corrected chi connectivity index (χ1v) is 12.5. The summed E-state index contributed by atoms with van der Waals surface area (Å²) in [5, 5.41) is 13.3. The van der Waals surface area contributed by atoms with Crippen LogP contribution < -0.4 is 5.32 Å². The summed E-state index contributed by atoms with van der Waals surface area (Å²) in [4.78, 5) is 19.7. The van der Waals surface area contributed by atoms with Gasteiger partial charge >= 0.3 is 6.03 Å². The third-order valence-corrected chi connectivity index (χ3v) is 6.79. The summed E-state index contributed by atoms with van der Waals surface area (Å²) in [5.74, 6) is -1.23. The van der Waals surface area contributed by atoms with E-state index in [2.05, 4.69) is 37.2 Å². The highest BCUT2D eigenvalue weighted by Gasteiger charge is 2.26. The normalized spacial score (nSPS) is 13.6. The Morgan fingerprint density at radius 2 is 1.97 bits per heavy atom. The van der Waals surface area contributed by atoms with Crippen molar-refractivity contribution in [3.63, 3.8) is 0 Å². The zero-order valence-electron chi connectivity index (χ0n) is 19.7. The number of pyridine rings is 1. The van der Waals surface area contributed by atoms with E-state index in [0.717, 1.165) is 33.8 Å². The molecular formula is C28H22BrF2N5O. The van der Waals surface area contributed by atoms with Gasteiger partial charge in [-0.1, -0.05) is 12.2 Å². The molecule has 6 nitrogen and oxygen atoms in total. The van der Waals surface area contributed by atoms with Gasteiger partial charge in [0.2, 0.25) is 0 Å². The second kappa shape index (κ2) is 10.6. The van der Waals surface area contributed by atoms with Gasteiger partial charge in [0, 0.05) is 55.9 Å². The molecule has 1 N–H and O–H groups in total. The van der Waals surface area contributed by atoms with E-state index in [1.165, 1.54) is 12.1 Å². The second-order valence-electron chi connectivity index (χ2n) is 8.84. The lowest BCUT2D eigenvalue weighted by Crippen LogP contribution is -2.34. The summed E-state index contributed by atoms with van der Waals surface area (Å²) >= 11 is 3.35. The van der Waals surface area contributed by atoms with Crippen LogP contribution in [0.1, 0.15) is 27.9 Å². The monoisotopic (exact) mass is 561 g/mol. The van der Waals surface area contributed by atoms with Crippen molar-refractivity contribution in [1.82, 2.24) is 19.8 Å². The SMILES string of the molecule is N#Cc1ccc2c(c1)c1c(n2C(=O)NCc2ccnc(Br)c2)CCN(C/C=C/c2cc(F)cc(F)c2)C1. The van der Waals surface area contributed by atoms with Crippen molar-refractivity contribution in [2.75, 3.05) is 13.1 Å². The predicted molar refractivity (Wildman–Crippen MR) is 141 cm³/mol. The molecule has 0 unspecified atom stereocenters. The molecule has 0 bridgehead atoms. The van der Waals surface area contributed by atoms with Gasteiger partial charge in [0.1, 0.15) is 16.2 Å². The van der Waals surface area contributed by atoms with Crippen molar-refractivity contribution in [2.24, 2.45) is 0 Å². The third kappa shape index (κ3) is 5.45. The first-order chi connectivity index (χ1) is 17.9. The molecule has 5 rings (SSSR count). The van der Waals surface area contributed by atoms with Crippen molar-refractivity contribution >= 4 is 38.9 Å². The number of fused-ring (bicyclic) bond motifs is 3. The van der Waals surface area contributed by atoms with E-state index in [1.54, 1.807) is 22.9 Å². The summed E-state index contributed by atoms with van der Waals surface area (Å²) in [5.41, 5.74) is 4.59. The molecule has 0 saturated carbocycles. The van der Waals surface area contributed by atoms with Gasteiger partial charge < -0.3 is 5.32 Å². The van der Waals surface area contributed by atoms with E-state index >= 15 is 0 Å². The zero-order chi connectivity index (χ0) is 25.9. The van der Waals surface area contributed by atoms with Crippen LogP contribution in [0.4, 0.5) is 13.6 Å². The average molecular weight is 562 g/mol. The van der Waals surface area contributed by atoms with Gasteiger partial charge in [-0.05, 0) is 75.1 Å². The molecule has 37 heavy (non-hydrogen) atoms. The highest BCUT2D eigenvalue weighted by atomic mass is 79.9. The van der Waals surface area contributed by atoms with Crippen LogP contribution in [0.25, 0.3) is 17.0 Å². The smallest absolute Gasteiger partial charge is 0.326 e. The highest BCUT2D eigenvalue weighted by Crippen LogP contribution is 2.32. The van der Waals surface area contributed by atoms with Gasteiger partial charge in [0.15, 0.2) is 0 Å². The summed E-state index contributed by atoms with van der Waals surface area (Å²) in [6, 6.07) is 14.4. The van der Waals surface area contributed by atoms with Gasteiger partial charge in [-0.15, -0.1) is 0 Å². The van der Waals surface area contributed by atoms with E-state index in [1.807, 2.05) is 30.3 Å². The first-order valence-electron chi connectivity index (χ1n) is 11.7. The Balaban J connectivity index is 1.39. The fourth-order valence-corrected chi connectivity index (χ4v) is 5.10. The van der Waals surface area contributed by atoms with E-state index in [4.69, 9.17) is 0 Å². The second-order valence-corrected chi connectivity index (χ2v) is 9.65. The number of carbonyl (C=O) groups is 1. The quantitative estimate of drug-likeness (QED) is 0.313. The topological polar surface area (TPSA) is 74.0 Å². The minimum absolute atomic E-state index is 0.231. The standard InChI is InChI=1S/C28H22BrF2N5O/c29-27-13-20(5-7-33-27)16-34-28(37)36-25-4-3-19(15-32)12-23(25)24-17-35(9-6-26(24)36)8-1-2-18-10-21(30)14-22(31)11-18/h1-5,7,10-14H,6,8-9,16-17H2,(H,34,37)/b2-1+. The number of hydrogen-bond acceptors (Lipinski definition) is 4. The van der Waals surface area contributed by atoms with Crippen LogP contribution >= 0.6 is 15.9 Å². The lowest BCUT2D eigenvalue weighted by molar-refractivity contribution is 0.240. The van der Waals surface area contributed by atoms with E-state index in [9.17, 15) is 18.8 Å². The molecule has 0 aliphatic carbocycles. The van der Waals surface area contributed by atoms with Crippen LogP contribution in [0, 0.1) is 23.0 Å². The lowest BCUT2D eigenvalue weighted by atomic mass is 10.0. The molecule has 1 aliphatic heterocycles. The maximum absolute atomic E-state index is 13.5. The van der Waals surface area contributed by atoms with Crippen LogP contribution in [0.5, 0.6) is 0 Å². The first kappa shape index (κ1) is 24.8. The van der Waals surface area contributed by atoms with Crippen LogP contribution in [0.15, 0.2) is 65.4 Å². The van der Waals surface area contributed by atoms with Crippen molar-refractivity contribution in [3.05, 3.63) is 105 Å². The Kier molecular flexibility index (Phi) is 7.12. The number of benzene rings is 2. The maximum atomic E-state index is 13.5. The van der Waals surface area contributed by atoms with Gasteiger partial charge in [0.25, 0.3) is 0 Å². The molecule has 3 heterocycles. The number of rotatable bonds is 5. The fraction of sp³-hybridized carbons (Fsp3) is 0.179. The molecule has 0 atom stereocenters. The molecule has 186 valence electrons. The number of aromatic nitrogens is 2. The number of nitrogens with one attached hydrogen (secondary N) is 1. The van der Waals surface area contributed by atoms with Crippen LogP contribution in [0.3, 0.4) is 0 Å². The van der Waals surface area contributed by atoms with Crippen LogP contribution in [0.2, 0.25) is 0 Å². The Morgan fingerprint density at radius 1 is 1.16 bits per heavy atom. The molecule has 0 radical (unpaired) electrons. The minimum atomic E-state index is -0.613. The summed E-state index contributed by atoms with van der Waals surface area (Å²) in [6.07, 6.45) is 5.89. The number of carbonyl (C=O) groups excluding carboxylic acids is 1. The Labute approximate surface area is 221 Å². The molecule has 4 aromatic rings. The summed E-state index contributed by atoms with van der Waals surface area (Å²) in [7, 11) is 0. The number of hydrogen-bond donors (Lipinski definition) is 1. The van der Waals surface area contributed by atoms with Crippen LogP contribution in [-0.4, -0.2) is 33.6 Å². The number of nitrogens with zero attached hydrogens (tertiary/aromatic N) is 4. The summed E-state index contributed by atoms with van der Waals surface area (Å²) in [6.45, 7) is 2.22. The van der Waals surface area contributed by atoms with E-state index in [0.29, 0.717) is 48.3 Å². The van der Waals surface area contributed by atoms with Crippen molar-refractivity contribution in [3.8, 4) is 6.07 Å². The molecule has 0 saturated heterocycles. The predicted octanol–water partition coefficient (Wildman–Crippen LogP) is 5.78. The molecule has 0 fully saturated rings. The molecule has 2 aromatic carbocycles.